The zero-order valence-corrected chi connectivity index (χ0v) is 17.2. The van der Waals surface area contributed by atoms with E-state index in [4.69, 9.17) is 31.0 Å². The third-order valence-electron chi connectivity index (χ3n) is 5.07. The number of nitrogens with zero attached hydrogens (tertiary/aromatic N) is 4. The van der Waals surface area contributed by atoms with E-state index in [1.807, 2.05) is 0 Å². The summed E-state index contributed by atoms with van der Waals surface area (Å²) in [4.78, 5) is 40.2. The van der Waals surface area contributed by atoms with Crippen molar-refractivity contribution in [2.24, 2.45) is 5.73 Å². The van der Waals surface area contributed by atoms with Crippen LogP contribution in [0.1, 0.15) is 66.2 Å². The van der Waals surface area contributed by atoms with Gasteiger partial charge in [0.1, 0.15) is 11.4 Å². The molecule has 1 saturated heterocycles. The Morgan fingerprint density at radius 3 is 2.47 bits per heavy atom. The first-order valence-corrected chi connectivity index (χ1v) is 9.75. The van der Waals surface area contributed by atoms with Crippen molar-refractivity contribution in [2.75, 3.05) is 29.9 Å². The van der Waals surface area contributed by atoms with Crippen molar-refractivity contribution < 1.29 is 39.7 Å². The number of primary amides is 1. The quantitative estimate of drug-likeness (QED) is 0.611. The van der Waals surface area contributed by atoms with Gasteiger partial charge in [-0.15, -0.1) is 0 Å². The molecule has 9 nitrogen and oxygen atoms in total. The van der Waals surface area contributed by atoms with Crippen LogP contribution in [-0.2, 0) is 11.2 Å². The number of fused-ring (bicyclic) bond motifs is 1. The Labute approximate surface area is 217 Å². The summed E-state index contributed by atoms with van der Waals surface area (Å²) in [6.45, 7) is -4.07. The molecule has 2 aliphatic rings. The summed E-state index contributed by atoms with van der Waals surface area (Å²) in [7, 11) is -2.79. The highest BCUT2D eigenvalue weighted by atomic mass is 16.5. The van der Waals surface area contributed by atoms with Gasteiger partial charge in [-0.05, 0) is 67.6 Å². The lowest BCUT2D eigenvalue weighted by atomic mass is 10.0. The van der Waals surface area contributed by atoms with Gasteiger partial charge in [0, 0.05) is 44.6 Å². The second kappa shape index (κ2) is 8.66. The molecule has 5 rings (SSSR count). The zero-order valence-electron chi connectivity index (χ0n) is 32.2. The lowest BCUT2D eigenvalue weighted by Crippen LogP contribution is -2.39. The molecule has 0 radical (unpaired) electrons. The Hall–Kier alpha value is -4.14. The van der Waals surface area contributed by atoms with Gasteiger partial charge in [-0.3, -0.25) is 14.4 Å². The maximum Gasteiger partial charge on any atom is 0.277 e. The fraction of sp³-hybridized carbons (Fsp3) is 0.280. The Bertz CT molecular complexity index is 1900. The van der Waals surface area contributed by atoms with Crippen molar-refractivity contribution in [3.63, 3.8) is 0 Å². The number of aromatic nitrogens is 2. The van der Waals surface area contributed by atoms with E-state index in [9.17, 15) is 14.4 Å². The topological polar surface area (TPSA) is 111 Å². The summed E-state index contributed by atoms with van der Waals surface area (Å²) in [6.07, 6.45) is -10.7. The third kappa shape index (κ3) is 3.68. The van der Waals surface area contributed by atoms with Gasteiger partial charge in [-0.2, -0.15) is 5.10 Å². The molecule has 0 saturated carbocycles. The average molecular weight is 475 g/mol. The van der Waals surface area contributed by atoms with Crippen LogP contribution in [0.4, 0.5) is 11.4 Å². The van der Waals surface area contributed by atoms with Gasteiger partial charge in [0.25, 0.3) is 11.8 Å². The van der Waals surface area contributed by atoms with Gasteiger partial charge in [0.05, 0.1) is 25.1 Å². The SMILES string of the molecule is [2H]c1c([2H])c(N2C(=O)c3c(c(C(N)=O)nn3-c3ccc(OC([2H])([2H])[2H])cc3)CC2([2H])[2H])c([2H])c([2H])c1N1CC([2H])([2H])C([2H])([2H])C([2H])([2H])C1=O. The van der Waals surface area contributed by atoms with Crippen LogP contribution in [-0.4, -0.2) is 47.6 Å². The minimum Gasteiger partial charge on any atom is -0.497 e. The summed E-state index contributed by atoms with van der Waals surface area (Å²) < 4.78 is 128. The van der Waals surface area contributed by atoms with Crippen molar-refractivity contribution in [1.82, 2.24) is 9.78 Å². The summed E-state index contributed by atoms with van der Waals surface area (Å²) in [5, 5.41) is 4.07. The minimum absolute atomic E-state index is 0.0410. The van der Waals surface area contributed by atoms with Crippen LogP contribution < -0.4 is 20.3 Å². The van der Waals surface area contributed by atoms with Crippen LogP contribution in [0.3, 0.4) is 0 Å². The van der Waals surface area contributed by atoms with E-state index in [0.717, 1.165) is 4.68 Å². The van der Waals surface area contributed by atoms with Crippen LogP contribution in [0.5, 0.6) is 5.75 Å². The first kappa shape index (κ1) is 10.4. The van der Waals surface area contributed by atoms with Crippen molar-refractivity contribution in [3.8, 4) is 11.4 Å². The van der Waals surface area contributed by atoms with E-state index in [1.54, 1.807) is 0 Å². The second-order valence-electron chi connectivity index (χ2n) is 7.04. The summed E-state index contributed by atoms with van der Waals surface area (Å²) in [5.74, 6) is -4.23. The maximum absolute atomic E-state index is 14.2. The number of carbonyl (C=O) groups is 3. The number of carbonyl (C=O) groups excluding carboxylic acids is 3. The first-order valence-electron chi connectivity index (χ1n) is 17.2. The number of hydrogen-bond acceptors (Lipinski definition) is 5. The predicted molar refractivity (Wildman–Crippen MR) is 127 cm³/mol. The fourth-order valence-corrected chi connectivity index (χ4v) is 3.48. The molecule has 3 amide bonds. The maximum atomic E-state index is 14.2. The lowest BCUT2D eigenvalue weighted by Gasteiger charge is -2.29. The zero-order chi connectivity index (χ0) is 37.0. The number of benzene rings is 2. The van der Waals surface area contributed by atoms with E-state index in [0.29, 0.717) is 4.90 Å². The summed E-state index contributed by atoms with van der Waals surface area (Å²) in [5.41, 5.74) is 2.43. The second-order valence-corrected chi connectivity index (χ2v) is 7.04. The molecule has 9 heteroatoms. The lowest BCUT2D eigenvalue weighted by molar-refractivity contribution is -0.119. The van der Waals surface area contributed by atoms with E-state index in [-0.39, 0.29) is 21.9 Å². The highest BCUT2D eigenvalue weighted by Gasteiger charge is 2.34. The average Bonchev–Trinajstić information content (AvgIpc) is 3.34. The number of piperidine rings is 1. The van der Waals surface area contributed by atoms with Crippen LogP contribution in [0.15, 0.2) is 48.4 Å². The summed E-state index contributed by atoms with van der Waals surface area (Å²) >= 11 is 0. The van der Waals surface area contributed by atoms with Gasteiger partial charge >= 0.3 is 0 Å². The van der Waals surface area contributed by atoms with Crippen LogP contribution in [0, 0.1) is 0 Å². The van der Waals surface area contributed by atoms with Crippen LogP contribution in [0.2, 0.25) is 0 Å². The largest absolute Gasteiger partial charge is 0.497 e. The highest BCUT2D eigenvalue weighted by molar-refractivity contribution is 6.09. The Kier molecular flexibility index (Phi) is 2.65. The molecule has 3 aromatic rings. The van der Waals surface area contributed by atoms with E-state index < -0.39 is 110 Å². The molecule has 2 aromatic carbocycles. The van der Waals surface area contributed by atoms with Crippen LogP contribution in [0.25, 0.3) is 5.69 Å². The molecule has 34 heavy (non-hydrogen) atoms. The number of anilines is 2. The van der Waals surface area contributed by atoms with Crippen molar-refractivity contribution in [3.05, 3.63) is 65.4 Å². The van der Waals surface area contributed by atoms with Gasteiger partial charge in [0.2, 0.25) is 5.91 Å². The van der Waals surface area contributed by atoms with Crippen LogP contribution >= 0.6 is 0 Å². The Morgan fingerprint density at radius 2 is 1.79 bits per heavy atom. The van der Waals surface area contributed by atoms with Gasteiger partial charge < -0.3 is 20.3 Å². The Balaban J connectivity index is 1.67. The van der Waals surface area contributed by atoms with E-state index in [2.05, 4.69) is 5.10 Å². The summed E-state index contributed by atoms with van der Waals surface area (Å²) in [6, 6.07) is 0.582. The number of amides is 3. The molecule has 1 fully saturated rings. The number of rotatable bonds is 5. The molecule has 1 aromatic heterocycles. The number of nitrogens with two attached hydrogens (primary N) is 1. The van der Waals surface area contributed by atoms with Crippen molar-refractivity contribution in [2.45, 2.75) is 25.5 Å². The standard InChI is InChI=1S/C25H25N5O4/c1-34-19-11-9-18(10-12-19)30-23-20(22(27-30)24(26)32)13-15-29(25(23)33)17-7-5-16(6-8-17)28-14-3-2-4-21(28)31/h5-12H,2-4,13-15H2,1H3,(H2,26,32)/i1D3,2D2,3D2,4D2,5D,6D,7D,8D,15D2. The molecule has 2 aliphatic heterocycles. The van der Waals surface area contributed by atoms with Gasteiger partial charge in [0.15, 0.2) is 5.69 Å². The smallest absolute Gasteiger partial charge is 0.277 e. The third-order valence-corrected chi connectivity index (χ3v) is 5.07. The molecule has 3 heterocycles. The number of hydrogen-bond donors (Lipinski definition) is 1. The molecular formula is C25H25N5O4. The molecule has 174 valence electrons. The monoisotopic (exact) mass is 474 g/mol. The van der Waals surface area contributed by atoms with E-state index >= 15 is 0 Å². The van der Waals surface area contributed by atoms with Gasteiger partial charge in [-0.25, -0.2) is 4.68 Å². The van der Waals surface area contributed by atoms with Gasteiger partial charge in [-0.1, -0.05) is 0 Å². The molecule has 0 bridgehead atoms. The Morgan fingerprint density at radius 1 is 1.09 bits per heavy atom. The highest BCUT2D eigenvalue weighted by Crippen LogP contribution is 2.31. The van der Waals surface area contributed by atoms with E-state index in [1.165, 1.54) is 24.3 Å². The molecule has 2 N–H and O–H groups in total. The molecule has 0 spiro atoms. The number of methoxy groups -OCH3 is 1. The van der Waals surface area contributed by atoms with Crippen molar-refractivity contribution >= 4 is 29.1 Å². The normalized spacial score (nSPS) is 28.6. The molecule has 0 atom stereocenters. The minimum atomic E-state index is -3.51. The first-order chi connectivity index (χ1) is 22.3. The predicted octanol–water partition coefficient (Wildman–Crippen LogP) is 2.70. The van der Waals surface area contributed by atoms with Crippen molar-refractivity contribution in [1.29, 1.82) is 0 Å². The number of ether oxygens (including phenoxy) is 1. The molecule has 0 unspecified atom stereocenters. The fourth-order valence-electron chi connectivity index (χ4n) is 3.48. The molecule has 0 aliphatic carbocycles. The molecular weight excluding hydrogens is 434 g/mol.